The lowest BCUT2D eigenvalue weighted by atomic mass is 10.0. The molecule has 1 rings (SSSR count). The van der Waals surface area contributed by atoms with Crippen LogP contribution in [0, 0.1) is 0 Å². The zero-order valence-corrected chi connectivity index (χ0v) is 16.6. The molecule has 0 bridgehead atoms. The molecule has 2 nitrogen and oxygen atoms in total. The number of nitrogens with one attached hydrogen (secondary N) is 1. The zero-order valence-electron chi connectivity index (χ0n) is 15.8. The van der Waals surface area contributed by atoms with Gasteiger partial charge >= 0.3 is 0 Å². The minimum Gasteiger partial charge on any atom is -0.303 e. The second kappa shape index (κ2) is 18.5. The van der Waals surface area contributed by atoms with Gasteiger partial charge in [-0.25, -0.2) is 0 Å². The molecule has 1 heterocycles. The van der Waals surface area contributed by atoms with Crippen molar-refractivity contribution >= 4 is 12.4 Å². The molecule has 1 saturated heterocycles. The summed E-state index contributed by atoms with van der Waals surface area (Å²) in [4.78, 5) is 2.54. The van der Waals surface area contributed by atoms with Gasteiger partial charge in [-0.1, -0.05) is 96.8 Å². The van der Waals surface area contributed by atoms with Crippen molar-refractivity contribution in [1.82, 2.24) is 10.2 Å². The van der Waals surface area contributed by atoms with E-state index in [1.54, 1.807) is 0 Å². The van der Waals surface area contributed by atoms with Crippen molar-refractivity contribution < 1.29 is 0 Å². The minimum absolute atomic E-state index is 0. The summed E-state index contributed by atoms with van der Waals surface area (Å²) in [5.74, 6) is 0. The van der Waals surface area contributed by atoms with Gasteiger partial charge in [0.15, 0.2) is 0 Å². The lowest BCUT2D eigenvalue weighted by molar-refractivity contribution is 0.324. The molecule has 0 atom stereocenters. The maximum Gasteiger partial charge on any atom is 0.0481 e. The Labute approximate surface area is 152 Å². The summed E-state index contributed by atoms with van der Waals surface area (Å²) >= 11 is 0. The number of rotatable bonds is 16. The second-order valence-corrected chi connectivity index (χ2v) is 7.23. The average Bonchev–Trinajstić information content (AvgIpc) is 3.04. The molecule has 1 fully saturated rings. The van der Waals surface area contributed by atoms with Crippen molar-refractivity contribution in [3.8, 4) is 0 Å². The number of hydrogen-bond donors (Lipinski definition) is 1. The summed E-state index contributed by atoms with van der Waals surface area (Å²) < 4.78 is 0. The number of halogens is 1. The van der Waals surface area contributed by atoms with Crippen molar-refractivity contribution in [3.63, 3.8) is 0 Å². The molecule has 0 aromatic heterocycles. The minimum atomic E-state index is 0. The van der Waals surface area contributed by atoms with Crippen LogP contribution in [0.25, 0.3) is 0 Å². The zero-order chi connectivity index (χ0) is 15.7. The molecule has 3 heteroatoms. The molecule has 0 aromatic carbocycles. The highest BCUT2D eigenvalue weighted by atomic mass is 35.5. The van der Waals surface area contributed by atoms with E-state index in [2.05, 4.69) is 17.1 Å². The fourth-order valence-corrected chi connectivity index (χ4v) is 3.45. The topological polar surface area (TPSA) is 15.3 Å². The Kier molecular flexibility index (Phi) is 18.7. The van der Waals surface area contributed by atoms with Gasteiger partial charge in [-0.15, -0.1) is 12.4 Å². The maximum atomic E-state index is 3.40. The normalized spacial score (nSPS) is 15.0. The first-order chi connectivity index (χ1) is 10.9. The molecule has 23 heavy (non-hydrogen) atoms. The molecule has 0 spiro atoms. The lowest BCUT2D eigenvalue weighted by Gasteiger charge is -2.12. The van der Waals surface area contributed by atoms with Crippen LogP contribution in [0.5, 0.6) is 0 Å². The second-order valence-electron chi connectivity index (χ2n) is 7.23. The largest absolute Gasteiger partial charge is 0.303 e. The summed E-state index contributed by atoms with van der Waals surface area (Å²) in [6.45, 7) is 7.19. The van der Waals surface area contributed by atoms with E-state index in [4.69, 9.17) is 0 Å². The smallest absolute Gasteiger partial charge is 0.0481 e. The molecule has 0 aromatic rings. The van der Waals surface area contributed by atoms with Crippen LogP contribution in [-0.2, 0) is 0 Å². The molecule has 1 N–H and O–H groups in total. The van der Waals surface area contributed by atoms with Crippen molar-refractivity contribution in [2.24, 2.45) is 0 Å². The van der Waals surface area contributed by atoms with Gasteiger partial charge in [0, 0.05) is 19.8 Å². The average molecular weight is 347 g/mol. The van der Waals surface area contributed by atoms with Crippen LogP contribution in [0.2, 0.25) is 0 Å². The molecule has 1 aliphatic rings. The SMILES string of the molecule is CCCCCCCCCCCCCCCCCN1CCNC1.Cl. The number of unbranched alkanes of at least 4 members (excludes halogenated alkanes) is 14. The highest BCUT2D eigenvalue weighted by Crippen LogP contribution is 2.13. The van der Waals surface area contributed by atoms with E-state index in [0.29, 0.717) is 0 Å². The summed E-state index contributed by atoms with van der Waals surface area (Å²) in [7, 11) is 0. The molecule has 140 valence electrons. The molecule has 0 saturated carbocycles. The number of nitrogens with zero attached hydrogens (tertiary/aromatic N) is 1. The first kappa shape index (κ1) is 23.2. The highest BCUT2D eigenvalue weighted by Gasteiger charge is 2.08. The molecule has 0 radical (unpaired) electrons. The van der Waals surface area contributed by atoms with E-state index < -0.39 is 0 Å². The Morgan fingerprint density at radius 2 is 1.09 bits per heavy atom. The van der Waals surface area contributed by atoms with Gasteiger partial charge in [-0.3, -0.25) is 4.90 Å². The highest BCUT2D eigenvalue weighted by molar-refractivity contribution is 5.85. The van der Waals surface area contributed by atoms with Gasteiger partial charge in [-0.2, -0.15) is 0 Å². The van der Waals surface area contributed by atoms with Crippen LogP contribution in [0.15, 0.2) is 0 Å². The van der Waals surface area contributed by atoms with E-state index in [1.165, 1.54) is 116 Å². The first-order valence-electron chi connectivity index (χ1n) is 10.4. The Morgan fingerprint density at radius 1 is 0.652 bits per heavy atom. The molecule has 0 unspecified atom stereocenters. The number of hydrogen-bond acceptors (Lipinski definition) is 2. The molecule has 0 amide bonds. The van der Waals surface area contributed by atoms with E-state index in [0.717, 1.165) is 6.67 Å². The predicted octanol–water partition coefficient (Wildman–Crippen LogP) is 6.14. The van der Waals surface area contributed by atoms with Crippen LogP contribution in [0.4, 0.5) is 0 Å². The summed E-state index contributed by atoms with van der Waals surface area (Å²) in [6.07, 6.45) is 21.9. The Balaban J connectivity index is 0.00000484. The van der Waals surface area contributed by atoms with Crippen LogP contribution in [0.1, 0.15) is 103 Å². The van der Waals surface area contributed by atoms with E-state index in [1.807, 2.05) is 0 Å². The summed E-state index contributed by atoms with van der Waals surface area (Å²) in [5.41, 5.74) is 0. The van der Waals surface area contributed by atoms with Gasteiger partial charge in [0.1, 0.15) is 0 Å². The fraction of sp³-hybridized carbons (Fsp3) is 1.00. The third-order valence-electron chi connectivity index (χ3n) is 5.02. The quantitative estimate of drug-likeness (QED) is 0.337. The third kappa shape index (κ3) is 15.5. The lowest BCUT2D eigenvalue weighted by Crippen LogP contribution is -2.22. The summed E-state index contributed by atoms with van der Waals surface area (Å²) in [5, 5.41) is 3.40. The van der Waals surface area contributed by atoms with Crippen LogP contribution < -0.4 is 5.32 Å². The molecule has 0 aliphatic carbocycles. The Hall–Kier alpha value is 0.210. The van der Waals surface area contributed by atoms with E-state index in [9.17, 15) is 0 Å². The summed E-state index contributed by atoms with van der Waals surface area (Å²) in [6, 6.07) is 0. The van der Waals surface area contributed by atoms with Crippen LogP contribution >= 0.6 is 12.4 Å². The third-order valence-corrected chi connectivity index (χ3v) is 5.02. The van der Waals surface area contributed by atoms with Crippen molar-refractivity contribution in [2.45, 2.75) is 103 Å². The van der Waals surface area contributed by atoms with Crippen LogP contribution in [-0.4, -0.2) is 31.2 Å². The monoisotopic (exact) mass is 346 g/mol. The van der Waals surface area contributed by atoms with Crippen LogP contribution in [0.3, 0.4) is 0 Å². The molecule has 1 aliphatic heterocycles. The van der Waals surface area contributed by atoms with Gasteiger partial charge < -0.3 is 5.32 Å². The fourth-order valence-electron chi connectivity index (χ4n) is 3.45. The standard InChI is InChI=1S/C20H42N2.ClH/c1-2-3-4-5-6-7-8-9-10-11-12-13-14-15-16-18-22-19-17-21-20-22;/h21H,2-20H2,1H3;1H. The van der Waals surface area contributed by atoms with Crippen molar-refractivity contribution in [2.75, 3.05) is 26.3 Å². The van der Waals surface area contributed by atoms with Gasteiger partial charge in [-0.05, 0) is 13.0 Å². The van der Waals surface area contributed by atoms with Gasteiger partial charge in [0.2, 0.25) is 0 Å². The van der Waals surface area contributed by atoms with Gasteiger partial charge in [0.05, 0.1) is 0 Å². The first-order valence-corrected chi connectivity index (χ1v) is 10.4. The molecular formula is C20H43ClN2. The van der Waals surface area contributed by atoms with E-state index in [-0.39, 0.29) is 12.4 Å². The van der Waals surface area contributed by atoms with Crippen molar-refractivity contribution in [3.05, 3.63) is 0 Å². The maximum absolute atomic E-state index is 3.40. The van der Waals surface area contributed by atoms with Crippen molar-refractivity contribution in [1.29, 1.82) is 0 Å². The Bertz CT molecular complexity index is 218. The van der Waals surface area contributed by atoms with E-state index >= 15 is 0 Å². The predicted molar refractivity (Wildman–Crippen MR) is 107 cm³/mol. The Morgan fingerprint density at radius 3 is 1.48 bits per heavy atom. The molecular weight excluding hydrogens is 304 g/mol. The van der Waals surface area contributed by atoms with Gasteiger partial charge in [0.25, 0.3) is 0 Å².